The number of methoxy groups -OCH3 is 1. The fourth-order valence-electron chi connectivity index (χ4n) is 3.61. The van der Waals surface area contributed by atoms with Crippen molar-refractivity contribution >= 4 is 9.84 Å². The molecule has 1 aromatic carbocycles. The quantitative estimate of drug-likeness (QED) is 0.840. The number of rotatable bonds is 4. The van der Waals surface area contributed by atoms with Crippen LogP contribution in [0.1, 0.15) is 29.9 Å². The molecule has 1 saturated heterocycles. The molecular formula is C19H25NO3S. The Morgan fingerprint density at radius 1 is 1.29 bits per heavy atom. The topological polar surface area (TPSA) is 46.6 Å². The van der Waals surface area contributed by atoms with Crippen molar-refractivity contribution in [3.8, 4) is 0 Å². The zero-order chi connectivity index (χ0) is 17.3. The van der Waals surface area contributed by atoms with Crippen molar-refractivity contribution in [1.29, 1.82) is 0 Å². The van der Waals surface area contributed by atoms with Crippen LogP contribution in [-0.2, 0) is 14.6 Å². The van der Waals surface area contributed by atoms with Crippen LogP contribution >= 0.6 is 0 Å². The number of nitrogens with zero attached hydrogens (tertiary/aromatic N) is 1. The summed E-state index contributed by atoms with van der Waals surface area (Å²) in [4.78, 5) is 2.74. The van der Waals surface area contributed by atoms with Gasteiger partial charge in [0, 0.05) is 6.54 Å². The summed E-state index contributed by atoms with van der Waals surface area (Å²) in [5.41, 5.74) is 2.35. The first-order valence-electron chi connectivity index (χ1n) is 8.37. The van der Waals surface area contributed by atoms with E-state index in [0.29, 0.717) is 17.2 Å². The smallest absolute Gasteiger partial charge is 0.185 e. The number of aryl methyl sites for hydroxylation is 1. The van der Waals surface area contributed by atoms with Crippen LogP contribution in [0.15, 0.2) is 47.1 Å². The molecule has 0 amide bonds. The monoisotopic (exact) mass is 347 g/mol. The lowest BCUT2D eigenvalue weighted by Gasteiger charge is -2.19. The fraction of sp³-hybridized carbons (Fsp3) is 0.474. The largest absolute Gasteiger partial charge is 0.497 e. The van der Waals surface area contributed by atoms with E-state index in [1.165, 1.54) is 5.56 Å². The van der Waals surface area contributed by atoms with Crippen LogP contribution in [0.25, 0.3) is 0 Å². The van der Waals surface area contributed by atoms with E-state index in [0.717, 1.165) is 30.8 Å². The van der Waals surface area contributed by atoms with Gasteiger partial charge in [0.1, 0.15) is 5.76 Å². The minimum absolute atomic E-state index is 0.416. The first kappa shape index (κ1) is 17.2. The summed E-state index contributed by atoms with van der Waals surface area (Å²) in [6.45, 7) is 4.17. The van der Waals surface area contributed by atoms with Crippen molar-refractivity contribution in [1.82, 2.24) is 4.90 Å². The maximum Gasteiger partial charge on any atom is 0.185 e. The molecule has 0 saturated carbocycles. The summed E-state index contributed by atoms with van der Waals surface area (Å²) < 4.78 is 30.9. The first-order chi connectivity index (χ1) is 11.4. The third-order valence-electron chi connectivity index (χ3n) is 5.06. The van der Waals surface area contributed by atoms with Gasteiger partial charge in [-0.15, -0.1) is 0 Å². The summed E-state index contributed by atoms with van der Waals surface area (Å²) in [7, 11) is 0.357. The van der Waals surface area contributed by atoms with Gasteiger partial charge in [0.05, 0.1) is 17.3 Å². The van der Waals surface area contributed by atoms with E-state index >= 15 is 0 Å². The zero-order valence-corrected chi connectivity index (χ0v) is 15.3. The van der Waals surface area contributed by atoms with Gasteiger partial charge in [-0.2, -0.15) is 0 Å². The van der Waals surface area contributed by atoms with Gasteiger partial charge >= 0.3 is 0 Å². The number of hydrogen-bond donors (Lipinski definition) is 0. The van der Waals surface area contributed by atoms with Crippen molar-refractivity contribution in [2.24, 2.45) is 0 Å². The molecule has 1 aliphatic heterocycles. The van der Waals surface area contributed by atoms with Crippen molar-refractivity contribution in [2.75, 3.05) is 27.2 Å². The van der Waals surface area contributed by atoms with E-state index in [2.05, 4.69) is 11.9 Å². The molecular weight excluding hydrogens is 322 g/mol. The Hall–Kier alpha value is -1.59. The number of allylic oxidation sites excluding steroid dienone is 2. The second kappa shape index (κ2) is 6.73. The Labute approximate surface area is 144 Å². The van der Waals surface area contributed by atoms with Gasteiger partial charge in [-0.25, -0.2) is 8.42 Å². The molecule has 24 heavy (non-hydrogen) atoms. The fourth-order valence-corrected chi connectivity index (χ4v) is 5.19. The number of likely N-dealkylation sites (N-methyl/N-ethyl adjacent to an activating group) is 1. The van der Waals surface area contributed by atoms with Gasteiger partial charge in [-0.3, -0.25) is 0 Å². The molecule has 2 unspecified atom stereocenters. The lowest BCUT2D eigenvalue weighted by Crippen LogP contribution is -2.21. The van der Waals surface area contributed by atoms with Crippen LogP contribution in [-0.4, -0.2) is 45.8 Å². The van der Waals surface area contributed by atoms with Crippen molar-refractivity contribution in [3.63, 3.8) is 0 Å². The number of benzene rings is 1. The summed E-state index contributed by atoms with van der Waals surface area (Å²) >= 11 is 0. The van der Waals surface area contributed by atoms with Crippen molar-refractivity contribution < 1.29 is 13.2 Å². The minimum Gasteiger partial charge on any atom is -0.497 e. The molecule has 5 heteroatoms. The van der Waals surface area contributed by atoms with Crippen LogP contribution in [0.2, 0.25) is 0 Å². The average molecular weight is 347 g/mol. The zero-order valence-electron chi connectivity index (χ0n) is 14.5. The van der Waals surface area contributed by atoms with Gasteiger partial charge in [0.25, 0.3) is 0 Å². The third-order valence-corrected chi connectivity index (χ3v) is 7.12. The van der Waals surface area contributed by atoms with Gasteiger partial charge in [0.15, 0.2) is 9.84 Å². The Bertz CT molecular complexity index is 780. The Kier molecular flexibility index (Phi) is 4.83. The van der Waals surface area contributed by atoms with Crippen molar-refractivity contribution in [2.45, 2.75) is 35.8 Å². The van der Waals surface area contributed by atoms with Crippen molar-refractivity contribution in [3.05, 3.63) is 53.3 Å². The second-order valence-corrected chi connectivity index (χ2v) is 8.92. The van der Waals surface area contributed by atoms with E-state index < -0.39 is 15.1 Å². The highest BCUT2D eigenvalue weighted by Crippen LogP contribution is 2.31. The standard InChI is InChI=1S/C19H25NO3S/c1-14-12-18(8-9-19(14)15-10-11-20(2)13-15)24(21,22)17-6-4-16(23-3)5-7-17/h4-6,8-9,12,15,17H,7,10-11,13H2,1-3H3. The maximum atomic E-state index is 12.9. The van der Waals surface area contributed by atoms with Gasteiger partial charge in [0.2, 0.25) is 0 Å². The van der Waals surface area contributed by atoms with Crippen LogP contribution < -0.4 is 0 Å². The predicted molar refractivity (Wildman–Crippen MR) is 95.9 cm³/mol. The molecule has 1 heterocycles. The molecule has 1 fully saturated rings. The normalized spacial score (nSPS) is 24.9. The third kappa shape index (κ3) is 3.28. The van der Waals surface area contributed by atoms with E-state index in [-0.39, 0.29) is 0 Å². The molecule has 2 aliphatic rings. The van der Waals surface area contributed by atoms with E-state index in [1.54, 1.807) is 25.3 Å². The highest BCUT2D eigenvalue weighted by molar-refractivity contribution is 7.92. The lowest BCUT2D eigenvalue weighted by molar-refractivity contribution is 0.303. The summed E-state index contributed by atoms with van der Waals surface area (Å²) in [5.74, 6) is 1.23. The molecule has 1 aliphatic carbocycles. The Morgan fingerprint density at radius 3 is 2.62 bits per heavy atom. The van der Waals surface area contributed by atoms with Gasteiger partial charge < -0.3 is 9.64 Å². The number of ether oxygens (including phenoxy) is 1. The molecule has 0 radical (unpaired) electrons. The van der Waals surface area contributed by atoms with E-state index in [1.807, 2.05) is 25.1 Å². The predicted octanol–water partition coefficient (Wildman–Crippen LogP) is 3.05. The van der Waals surface area contributed by atoms with E-state index in [9.17, 15) is 8.42 Å². The number of likely N-dealkylation sites (tertiary alicyclic amines) is 1. The summed E-state index contributed by atoms with van der Waals surface area (Å²) in [5, 5.41) is -0.515. The molecule has 0 bridgehead atoms. The molecule has 0 N–H and O–H groups in total. The molecule has 0 aromatic heterocycles. The molecule has 4 nitrogen and oxygen atoms in total. The molecule has 2 atom stereocenters. The summed E-state index contributed by atoms with van der Waals surface area (Å²) in [6.07, 6.45) is 6.89. The van der Waals surface area contributed by atoms with Crippen LogP contribution in [0.5, 0.6) is 0 Å². The Morgan fingerprint density at radius 2 is 2.08 bits per heavy atom. The average Bonchev–Trinajstić information content (AvgIpc) is 3.01. The van der Waals surface area contributed by atoms with E-state index in [4.69, 9.17) is 4.74 Å². The molecule has 130 valence electrons. The van der Waals surface area contributed by atoms with Gasteiger partial charge in [-0.05, 0) is 74.7 Å². The highest BCUT2D eigenvalue weighted by atomic mass is 32.2. The maximum absolute atomic E-state index is 12.9. The molecule has 0 spiro atoms. The SMILES string of the molecule is COC1=CCC(S(=O)(=O)c2ccc(C3CCN(C)C3)c(C)c2)C=C1. The summed E-state index contributed by atoms with van der Waals surface area (Å²) in [6, 6.07) is 5.63. The first-order valence-corrected chi connectivity index (χ1v) is 9.92. The Balaban J connectivity index is 1.83. The van der Waals surface area contributed by atoms with Gasteiger partial charge in [-0.1, -0.05) is 12.1 Å². The second-order valence-electron chi connectivity index (χ2n) is 6.76. The number of sulfone groups is 1. The molecule has 1 aromatic rings. The molecule has 3 rings (SSSR count). The highest BCUT2D eigenvalue weighted by Gasteiger charge is 2.28. The lowest BCUT2D eigenvalue weighted by atomic mass is 9.94. The number of hydrogen-bond acceptors (Lipinski definition) is 4. The van der Waals surface area contributed by atoms with Crippen LogP contribution in [0.4, 0.5) is 0 Å². The minimum atomic E-state index is -3.36. The van der Waals surface area contributed by atoms with Crippen LogP contribution in [0.3, 0.4) is 0 Å². The van der Waals surface area contributed by atoms with Crippen LogP contribution in [0, 0.1) is 6.92 Å².